The van der Waals surface area contributed by atoms with E-state index in [1.54, 1.807) is 4.90 Å². The molecule has 0 atom stereocenters. The van der Waals surface area contributed by atoms with Crippen molar-refractivity contribution < 1.29 is 14.3 Å². The van der Waals surface area contributed by atoms with Gasteiger partial charge in [-0.25, -0.2) is 9.97 Å². The average Bonchev–Trinajstić information content (AvgIpc) is 3.39. The van der Waals surface area contributed by atoms with Crippen molar-refractivity contribution in [3.05, 3.63) is 57.1 Å². The molecule has 12 heteroatoms. The molecule has 1 fully saturated rings. The van der Waals surface area contributed by atoms with Crippen LogP contribution in [0.2, 0.25) is 5.02 Å². The number of nitrogens with two attached hydrogens (primary N) is 1. The Morgan fingerprint density at radius 1 is 1.18 bits per heavy atom. The van der Waals surface area contributed by atoms with E-state index in [9.17, 15) is 20.1 Å². The number of nitrogen functional groups attached to an aromatic ring is 1. The summed E-state index contributed by atoms with van der Waals surface area (Å²) in [5, 5.41) is 23.8. The molecule has 0 spiro atoms. The van der Waals surface area contributed by atoms with Gasteiger partial charge in [0.25, 0.3) is 5.91 Å². The van der Waals surface area contributed by atoms with E-state index in [-0.39, 0.29) is 29.8 Å². The second-order valence-corrected chi connectivity index (χ2v) is 10.8. The minimum atomic E-state index is -0.512. The fourth-order valence-corrected chi connectivity index (χ4v) is 6.20. The number of pyridine rings is 1. The van der Waals surface area contributed by atoms with Gasteiger partial charge in [-0.1, -0.05) is 35.5 Å². The average molecular weight is 567 g/mol. The number of thioether (sulfide) groups is 1. The maximum absolute atomic E-state index is 12.3. The van der Waals surface area contributed by atoms with Gasteiger partial charge in [0.1, 0.15) is 28.0 Å². The minimum Gasteiger partial charge on any atom is -0.456 e. The summed E-state index contributed by atoms with van der Waals surface area (Å²) in [6.07, 6.45) is 1.08. The molecule has 9 nitrogen and oxygen atoms in total. The van der Waals surface area contributed by atoms with Crippen LogP contribution in [0.15, 0.2) is 34.7 Å². The Morgan fingerprint density at radius 3 is 2.50 bits per heavy atom. The van der Waals surface area contributed by atoms with Gasteiger partial charge in [0.05, 0.1) is 16.8 Å². The van der Waals surface area contributed by atoms with E-state index < -0.39 is 5.97 Å². The quantitative estimate of drug-likeness (QED) is 0.316. The number of anilines is 1. The van der Waals surface area contributed by atoms with Gasteiger partial charge in [0.2, 0.25) is 0 Å². The van der Waals surface area contributed by atoms with Crippen LogP contribution in [0.4, 0.5) is 5.82 Å². The first-order valence-corrected chi connectivity index (χ1v) is 13.9. The molecule has 2 aromatic heterocycles. The fourth-order valence-electron chi connectivity index (χ4n) is 4.25. The summed E-state index contributed by atoms with van der Waals surface area (Å²) in [5.41, 5.74) is 9.09. The number of thiazole rings is 1. The van der Waals surface area contributed by atoms with E-state index >= 15 is 0 Å². The van der Waals surface area contributed by atoms with Crippen LogP contribution in [0.5, 0.6) is 0 Å². The van der Waals surface area contributed by atoms with Crippen LogP contribution in [0.25, 0.3) is 10.6 Å². The van der Waals surface area contributed by atoms with Gasteiger partial charge < -0.3 is 15.4 Å². The molecule has 1 aliphatic heterocycles. The van der Waals surface area contributed by atoms with Crippen molar-refractivity contribution in [2.75, 3.05) is 25.4 Å². The molecular formula is C26H23ClN6O3S2. The number of halogens is 1. The third-order valence-corrected chi connectivity index (χ3v) is 8.31. The predicted molar refractivity (Wildman–Crippen MR) is 145 cm³/mol. The number of benzene rings is 1. The largest absolute Gasteiger partial charge is 0.456 e. The first-order valence-electron chi connectivity index (χ1n) is 11.7. The molecule has 1 aromatic carbocycles. The van der Waals surface area contributed by atoms with E-state index in [1.165, 1.54) is 30.0 Å². The highest BCUT2D eigenvalue weighted by atomic mass is 35.5. The summed E-state index contributed by atoms with van der Waals surface area (Å²) >= 11 is 8.84. The minimum absolute atomic E-state index is 0.0810. The highest BCUT2D eigenvalue weighted by Crippen LogP contribution is 2.39. The van der Waals surface area contributed by atoms with Gasteiger partial charge in [0.15, 0.2) is 6.61 Å². The molecule has 3 heterocycles. The summed E-state index contributed by atoms with van der Waals surface area (Å²) in [7, 11) is 0. The first kappa shape index (κ1) is 27.4. The number of esters is 1. The van der Waals surface area contributed by atoms with Crippen LogP contribution in [0, 0.1) is 22.7 Å². The Morgan fingerprint density at radius 2 is 1.87 bits per heavy atom. The van der Waals surface area contributed by atoms with Gasteiger partial charge >= 0.3 is 5.97 Å². The Labute approximate surface area is 233 Å². The van der Waals surface area contributed by atoms with Crippen LogP contribution in [-0.4, -0.2) is 46.4 Å². The summed E-state index contributed by atoms with van der Waals surface area (Å²) in [4.78, 5) is 34.0. The smallest absolute Gasteiger partial charge is 0.303 e. The zero-order chi connectivity index (χ0) is 27.2. The molecule has 0 saturated carbocycles. The lowest BCUT2D eigenvalue weighted by molar-refractivity contribution is -0.150. The van der Waals surface area contributed by atoms with E-state index in [0.717, 1.165) is 16.3 Å². The second-order valence-electron chi connectivity index (χ2n) is 8.56. The SMILES string of the molecule is CC(=O)OCC(=O)N1CCC(c2c(C#N)c(N)nc(SCc3csc(-c4ccc(Cl)cc4)n3)c2C#N)CC1. The van der Waals surface area contributed by atoms with Crippen molar-refractivity contribution in [2.45, 2.75) is 36.5 Å². The second kappa shape index (κ2) is 12.3. The number of likely N-dealkylation sites (tertiary alicyclic amines) is 1. The topological polar surface area (TPSA) is 146 Å². The molecule has 0 radical (unpaired) electrons. The number of aromatic nitrogens is 2. The van der Waals surface area contributed by atoms with Gasteiger partial charge in [-0.3, -0.25) is 9.59 Å². The van der Waals surface area contributed by atoms with E-state index in [0.29, 0.717) is 52.9 Å². The van der Waals surface area contributed by atoms with Gasteiger partial charge in [-0.05, 0) is 36.5 Å². The van der Waals surface area contributed by atoms with Crippen molar-refractivity contribution >= 4 is 52.4 Å². The molecular weight excluding hydrogens is 544 g/mol. The zero-order valence-corrected chi connectivity index (χ0v) is 22.8. The molecule has 0 aliphatic carbocycles. The van der Waals surface area contributed by atoms with Crippen molar-refractivity contribution in [1.82, 2.24) is 14.9 Å². The van der Waals surface area contributed by atoms with Gasteiger partial charge in [-0.2, -0.15) is 10.5 Å². The Bertz CT molecular complexity index is 1440. The number of hydrogen-bond donors (Lipinski definition) is 1. The molecule has 38 heavy (non-hydrogen) atoms. The van der Waals surface area contributed by atoms with Crippen LogP contribution in [0.3, 0.4) is 0 Å². The van der Waals surface area contributed by atoms with Gasteiger partial charge in [-0.15, -0.1) is 11.3 Å². The summed E-state index contributed by atoms with van der Waals surface area (Å²) in [5.74, 6) is -0.372. The van der Waals surface area contributed by atoms with Crippen molar-refractivity contribution in [3.8, 4) is 22.7 Å². The lowest BCUT2D eigenvalue weighted by atomic mass is 9.84. The number of ether oxygens (including phenoxy) is 1. The summed E-state index contributed by atoms with van der Waals surface area (Å²) in [6.45, 7) is 1.78. The molecule has 0 unspecified atom stereocenters. The Kier molecular flexibility index (Phi) is 8.85. The highest BCUT2D eigenvalue weighted by molar-refractivity contribution is 7.98. The highest BCUT2D eigenvalue weighted by Gasteiger charge is 2.30. The zero-order valence-electron chi connectivity index (χ0n) is 20.4. The Balaban J connectivity index is 1.52. The van der Waals surface area contributed by atoms with Crippen LogP contribution in [0.1, 0.15) is 48.1 Å². The number of piperidine rings is 1. The van der Waals surface area contributed by atoms with Crippen molar-refractivity contribution in [2.24, 2.45) is 0 Å². The van der Waals surface area contributed by atoms with E-state index in [4.69, 9.17) is 27.1 Å². The predicted octanol–water partition coefficient (Wildman–Crippen LogP) is 4.75. The van der Waals surface area contributed by atoms with Crippen molar-refractivity contribution in [3.63, 3.8) is 0 Å². The molecule has 0 bridgehead atoms. The molecule has 1 aliphatic rings. The molecule has 1 amide bonds. The lowest BCUT2D eigenvalue weighted by Gasteiger charge is -2.33. The molecule has 194 valence electrons. The molecule has 1 saturated heterocycles. The number of hydrogen-bond acceptors (Lipinski definition) is 10. The maximum atomic E-state index is 12.3. The Hall–Kier alpha value is -3.64. The van der Waals surface area contributed by atoms with Gasteiger partial charge in [0, 0.05) is 41.7 Å². The number of carbonyl (C=O) groups excluding carboxylic acids is 2. The number of nitrogens with zero attached hydrogens (tertiary/aromatic N) is 5. The standard InChI is InChI=1S/C26H23ClN6O3S2/c1-15(34)36-12-22(35)33-8-6-16(7-9-33)23-20(10-28)24(30)32-26(21(23)11-29)38-14-19-13-37-25(31-19)17-2-4-18(27)5-3-17/h2-5,13,16H,6-9,12,14H2,1H3,(H2,30,32). The molecule has 3 aromatic rings. The number of nitriles is 2. The van der Waals surface area contributed by atoms with Crippen molar-refractivity contribution in [1.29, 1.82) is 10.5 Å². The number of rotatable bonds is 7. The molecule has 4 rings (SSSR count). The van der Waals surface area contributed by atoms with E-state index in [2.05, 4.69) is 17.1 Å². The third kappa shape index (κ3) is 6.25. The lowest BCUT2D eigenvalue weighted by Crippen LogP contribution is -2.40. The van der Waals surface area contributed by atoms with Crippen LogP contribution in [-0.2, 0) is 20.1 Å². The number of carbonyl (C=O) groups is 2. The maximum Gasteiger partial charge on any atom is 0.303 e. The third-order valence-electron chi connectivity index (χ3n) is 6.11. The summed E-state index contributed by atoms with van der Waals surface area (Å²) in [6, 6.07) is 11.8. The number of amides is 1. The van der Waals surface area contributed by atoms with Crippen LogP contribution >= 0.6 is 34.7 Å². The van der Waals surface area contributed by atoms with E-state index in [1.807, 2.05) is 29.6 Å². The molecule has 2 N–H and O–H groups in total. The van der Waals surface area contributed by atoms with Crippen LogP contribution < -0.4 is 5.73 Å². The summed E-state index contributed by atoms with van der Waals surface area (Å²) < 4.78 is 4.81. The first-order chi connectivity index (χ1) is 18.3. The normalized spacial score (nSPS) is 13.5. The fraction of sp³-hybridized carbons (Fsp3) is 0.308. The monoisotopic (exact) mass is 566 g/mol.